The van der Waals surface area contributed by atoms with E-state index in [-0.39, 0.29) is 12.1 Å². The number of morpholine rings is 1. The molecule has 1 rings (SSSR count). The Kier molecular flexibility index (Phi) is 8.11. The molecule has 0 amide bonds. The maximum absolute atomic E-state index is 11.5. The van der Waals surface area contributed by atoms with Gasteiger partial charge in [0, 0.05) is 26.2 Å². The highest BCUT2D eigenvalue weighted by molar-refractivity contribution is 5.71. The molecule has 1 saturated heterocycles. The molecule has 5 heteroatoms. The van der Waals surface area contributed by atoms with Gasteiger partial charge in [0.05, 0.1) is 25.9 Å². The van der Waals surface area contributed by atoms with E-state index in [0.717, 1.165) is 39.3 Å². The van der Waals surface area contributed by atoms with Crippen LogP contribution in [0.15, 0.2) is 0 Å². The molecule has 0 aliphatic carbocycles. The Morgan fingerprint density at radius 1 is 1.45 bits per heavy atom. The monoisotopic (exact) mass is 286 g/mol. The molecule has 5 nitrogen and oxygen atoms in total. The van der Waals surface area contributed by atoms with Gasteiger partial charge in [0.25, 0.3) is 0 Å². The molecule has 0 aromatic heterocycles. The van der Waals surface area contributed by atoms with Crippen molar-refractivity contribution in [1.82, 2.24) is 9.80 Å². The van der Waals surface area contributed by atoms with Gasteiger partial charge < -0.3 is 9.47 Å². The second kappa shape index (κ2) is 9.32. The van der Waals surface area contributed by atoms with E-state index in [1.165, 1.54) is 0 Å². The minimum Gasteiger partial charge on any atom is -0.465 e. The predicted octanol–water partition coefficient (Wildman–Crippen LogP) is 1.23. The van der Waals surface area contributed by atoms with Crippen molar-refractivity contribution in [2.24, 2.45) is 5.92 Å². The van der Waals surface area contributed by atoms with Crippen LogP contribution in [0.3, 0.4) is 0 Å². The van der Waals surface area contributed by atoms with Crippen LogP contribution in [0.4, 0.5) is 0 Å². The summed E-state index contributed by atoms with van der Waals surface area (Å²) in [6.45, 7) is 14.7. The van der Waals surface area contributed by atoms with Crippen molar-refractivity contribution < 1.29 is 14.3 Å². The molecule has 0 spiro atoms. The standard InChI is InChI=1S/C15H30N2O3/c1-5-16(12-15(18)19-6-2)10-14-11-17(7-8-20-14)9-13(3)4/h13-14H,5-12H2,1-4H3. The van der Waals surface area contributed by atoms with Gasteiger partial charge in [-0.2, -0.15) is 0 Å². The number of nitrogens with zero attached hydrogens (tertiary/aromatic N) is 2. The molecule has 1 unspecified atom stereocenters. The number of esters is 1. The molecule has 0 N–H and O–H groups in total. The number of likely N-dealkylation sites (N-methyl/N-ethyl adjacent to an activating group) is 1. The summed E-state index contributed by atoms with van der Waals surface area (Å²) in [5.41, 5.74) is 0. The van der Waals surface area contributed by atoms with Gasteiger partial charge in [-0.1, -0.05) is 20.8 Å². The van der Waals surface area contributed by atoms with Crippen LogP contribution in [0.1, 0.15) is 27.7 Å². The number of carbonyl (C=O) groups is 1. The van der Waals surface area contributed by atoms with Crippen molar-refractivity contribution in [3.8, 4) is 0 Å². The van der Waals surface area contributed by atoms with E-state index >= 15 is 0 Å². The van der Waals surface area contributed by atoms with Crippen molar-refractivity contribution in [3.63, 3.8) is 0 Å². The Bertz CT molecular complexity index is 284. The minimum absolute atomic E-state index is 0.149. The van der Waals surface area contributed by atoms with Gasteiger partial charge >= 0.3 is 5.97 Å². The van der Waals surface area contributed by atoms with E-state index in [0.29, 0.717) is 19.1 Å². The number of ether oxygens (including phenoxy) is 2. The first kappa shape index (κ1) is 17.4. The van der Waals surface area contributed by atoms with Crippen LogP contribution in [0, 0.1) is 5.92 Å². The fourth-order valence-corrected chi connectivity index (χ4v) is 2.56. The largest absolute Gasteiger partial charge is 0.465 e. The summed E-state index contributed by atoms with van der Waals surface area (Å²) < 4.78 is 10.8. The highest BCUT2D eigenvalue weighted by atomic mass is 16.5. The van der Waals surface area contributed by atoms with Gasteiger partial charge in [-0.15, -0.1) is 0 Å². The smallest absolute Gasteiger partial charge is 0.320 e. The molecule has 1 atom stereocenters. The van der Waals surface area contributed by atoms with E-state index in [1.807, 2.05) is 6.92 Å². The molecule has 0 aromatic rings. The molecular weight excluding hydrogens is 256 g/mol. The van der Waals surface area contributed by atoms with Gasteiger partial charge in [0.15, 0.2) is 0 Å². The number of carbonyl (C=O) groups excluding carboxylic acids is 1. The Hall–Kier alpha value is -0.650. The molecule has 20 heavy (non-hydrogen) atoms. The molecule has 1 fully saturated rings. The third-order valence-electron chi connectivity index (χ3n) is 3.41. The Balaban J connectivity index is 2.38. The normalized spacial score (nSPS) is 20.6. The summed E-state index contributed by atoms with van der Waals surface area (Å²) in [4.78, 5) is 16.1. The molecule has 118 valence electrons. The van der Waals surface area contributed by atoms with Crippen molar-refractivity contribution in [3.05, 3.63) is 0 Å². The quantitative estimate of drug-likeness (QED) is 0.628. The maximum Gasteiger partial charge on any atom is 0.320 e. The van der Waals surface area contributed by atoms with Crippen LogP contribution in [0.5, 0.6) is 0 Å². The molecule has 1 aliphatic rings. The van der Waals surface area contributed by atoms with Crippen LogP contribution in [0.25, 0.3) is 0 Å². The Morgan fingerprint density at radius 2 is 2.20 bits per heavy atom. The van der Waals surface area contributed by atoms with Crippen molar-refractivity contribution in [2.45, 2.75) is 33.8 Å². The van der Waals surface area contributed by atoms with Gasteiger partial charge in [0.2, 0.25) is 0 Å². The van der Waals surface area contributed by atoms with Crippen LogP contribution in [-0.4, -0.2) is 74.4 Å². The lowest BCUT2D eigenvalue weighted by atomic mass is 10.1. The molecule has 1 heterocycles. The summed E-state index contributed by atoms with van der Waals surface area (Å²) >= 11 is 0. The van der Waals surface area contributed by atoms with Crippen molar-refractivity contribution >= 4 is 5.97 Å². The van der Waals surface area contributed by atoms with E-state index in [2.05, 4.69) is 30.6 Å². The summed E-state index contributed by atoms with van der Waals surface area (Å²) in [7, 11) is 0. The summed E-state index contributed by atoms with van der Waals surface area (Å²) in [6.07, 6.45) is 0.192. The lowest BCUT2D eigenvalue weighted by molar-refractivity contribution is -0.145. The van der Waals surface area contributed by atoms with Crippen LogP contribution >= 0.6 is 0 Å². The van der Waals surface area contributed by atoms with Gasteiger partial charge in [-0.25, -0.2) is 0 Å². The van der Waals surface area contributed by atoms with E-state index in [4.69, 9.17) is 9.47 Å². The zero-order chi connectivity index (χ0) is 15.0. The van der Waals surface area contributed by atoms with Crippen molar-refractivity contribution in [2.75, 3.05) is 52.5 Å². The van der Waals surface area contributed by atoms with Crippen LogP contribution in [-0.2, 0) is 14.3 Å². The first-order chi connectivity index (χ1) is 9.55. The second-order valence-electron chi connectivity index (χ2n) is 5.78. The topological polar surface area (TPSA) is 42.0 Å². The van der Waals surface area contributed by atoms with E-state index in [9.17, 15) is 4.79 Å². The van der Waals surface area contributed by atoms with E-state index in [1.54, 1.807) is 0 Å². The molecule has 0 radical (unpaired) electrons. The fraction of sp³-hybridized carbons (Fsp3) is 0.933. The number of hydrogen-bond donors (Lipinski definition) is 0. The maximum atomic E-state index is 11.5. The average molecular weight is 286 g/mol. The molecule has 0 saturated carbocycles. The van der Waals surface area contributed by atoms with Crippen molar-refractivity contribution in [1.29, 1.82) is 0 Å². The second-order valence-corrected chi connectivity index (χ2v) is 5.78. The lowest BCUT2D eigenvalue weighted by Gasteiger charge is -2.36. The summed E-state index contributed by atoms with van der Waals surface area (Å²) in [6, 6.07) is 0. The minimum atomic E-state index is -0.149. The molecule has 1 aliphatic heterocycles. The number of hydrogen-bond acceptors (Lipinski definition) is 5. The average Bonchev–Trinajstić information content (AvgIpc) is 2.37. The summed E-state index contributed by atoms with van der Waals surface area (Å²) in [5, 5.41) is 0. The third-order valence-corrected chi connectivity index (χ3v) is 3.41. The molecular formula is C15H30N2O3. The zero-order valence-electron chi connectivity index (χ0n) is 13.4. The van der Waals surface area contributed by atoms with Crippen LogP contribution < -0.4 is 0 Å². The van der Waals surface area contributed by atoms with Gasteiger partial charge in [-0.3, -0.25) is 14.6 Å². The van der Waals surface area contributed by atoms with Gasteiger partial charge in [-0.05, 0) is 19.4 Å². The summed E-state index contributed by atoms with van der Waals surface area (Å²) in [5.74, 6) is 0.528. The zero-order valence-corrected chi connectivity index (χ0v) is 13.4. The lowest BCUT2D eigenvalue weighted by Crippen LogP contribution is -2.49. The number of rotatable bonds is 8. The molecule has 0 aromatic carbocycles. The Morgan fingerprint density at radius 3 is 2.80 bits per heavy atom. The van der Waals surface area contributed by atoms with Gasteiger partial charge in [0.1, 0.15) is 0 Å². The molecule has 0 bridgehead atoms. The van der Waals surface area contributed by atoms with E-state index < -0.39 is 0 Å². The Labute approximate surface area is 123 Å². The predicted molar refractivity (Wildman–Crippen MR) is 79.8 cm³/mol. The third kappa shape index (κ3) is 6.68. The first-order valence-electron chi connectivity index (χ1n) is 7.77. The highest BCUT2D eigenvalue weighted by Crippen LogP contribution is 2.09. The van der Waals surface area contributed by atoms with Crippen LogP contribution in [0.2, 0.25) is 0 Å². The SMILES string of the molecule is CCOC(=O)CN(CC)CC1CN(CC(C)C)CCO1. The fourth-order valence-electron chi connectivity index (χ4n) is 2.56. The first-order valence-corrected chi connectivity index (χ1v) is 7.77. The highest BCUT2D eigenvalue weighted by Gasteiger charge is 2.23.